The van der Waals surface area contributed by atoms with Crippen molar-refractivity contribution in [3.63, 3.8) is 0 Å². The van der Waals surface area contributed by atoms with Crippen LogP contribution in [0.4, 0.5) is 10.5 Å². The number of carbonyl (C=O) groups is 2. The largest absolute Gasteiger partial charge is 0.494 e. The van der Waals surface area contributed by atoms with Gasteiger partial charge in [0.15, 0.2) is 0 Å². The van der Waals surface area contributed by atoms with Crippen molar-refractivity contribution in [2.45, 2.75) is 33.3 Å². The first-order chi connectivity index (χ1) is 16.4. The van der Waals surface area contributed by atoms with Gasteiger partial charge in [-0.2, -0.15) is 0 Å². The van der Waals surface area contributed by atoms with Gasteiger partial charge in [-0.15, -0.1) is 0 Å². The van der Waals surface area contributed by atoms with E-state index in [0.29, 0.717) is 21.7 Å². The molecule has 1 N–H and O–H groups in total. The fraction of sp³-hybridized carbons (Fsp3) is 0.269. The molecule has 0 aliphatic heterocycles. The van der Waals surface area contributed by atoms with Crippen LogP contribution in [0.1, 0.15) is 42.6 Å². The number of halogens is 1. The van der Waals surface area contributed by atoms with Gasteiger partial charge in [0, 0.05) is 36.8 Å². The van der Waals surface area contributed by atoms with Crippen molar-refractivity contribution in [3.05, 3.63) is 64.5 Å². The molecular weight excluding hydrogens is 470 g/mol. The van der Waals surface area contributed by atoms with Crippen LogP contribution in [0.15, 0.2) is 47.0 Å². The zero-order chi connectivity index (χ0) is 25.7. The Kier molecular flexibility index (Phi) is 6.11. The van der Waals surface area contributed by atoms with Crippen LogP contribution in [0, 0.1) is 6.92 Å². The number of carbonyl (C=O) groups excluding carboxylic acids is 2. The third-order valence-corrected chi connectivity index (χ3v) is 5.69. The lowest BCUT2D eigenvalue weighted by Crippen LogP contribution is -2.27. The Morgan fingerprint density at radius 1 is 1.11 bits per heavy atom. The fourth-order valence-electron chi connectivity index (χ4n) is 3.76. The summed E-state index contributed by atoms with van der Waals surface area (Å²) >= 11 is 6.64. The minimum atomic E-state index is -0.841. The van der Waals surface area contributed by atoms with Crippen LogP contribution in [-0.2, 0) is 4.74 Å². The second-order valence-electron chi connectivity index (χ2n) is 9.47. The number of aromatic nitrogens is 2. The quantitative estimate of drug-likeness (QED) is 0.344. The number of benzene rings is 2. The highest BCUT2D eigenvalue weighted by atomic mass is 35.5. The van der Waals surface area contributed by atoms with Gasteiger partial charge in [-0.1, -0.05) is 28.9 Å². The van der Waals surface area contributed by atoms with Gasteiger partial charge in [0.2, 0.25) is 17.4 Å². The summed E-state index contributed by atoms with van der Waals surface area (Å²) in [5.41, 5.74) is 2.25. The third-order valence-electron chi connectivity index (χ3n) is 5.38. The number of hydrogen-bond acceptors (Lipinski definition) is 7. The van der Waals surface area contributed by atoms with Crippen molar-refractivity contribution in [3.8, 4) is 17.0 Å². The first-order valence-electron chi connectivity index (χ1n) is 10.9. The maximum atomic E-state index is 13.4. The van der Waals surface area contributed by atoms with Gasteiger partial charge in [-0.25, -0.2) is 9.36 Å². The normalized spacial score (nSPS) is 11.6. The Morgan fingerprint density at radius 3 is 2.31 bits per heavy atom. The minimum absolute atomic E-state index is 0.0622. The molecule has 0 unspecified atom stereocenters. The molecule has 4 aromatic rings. The zero-order valence-electron chi connectivity index (χ0n) is 20.3. The zero-order valence-corrected chi connectivity index (χ0v) is 21.1. The van der Waals surface area contributed by atoms with Crippen LogP contribution in [-0.4, -0.2) is 46.4 Å². The van der Waals surface area contributed by atoms with E-state index in [1.165, 1.54) is 12.1 Å². The van der Waals surface area contributed by atoms with Crippen LogP contribution in [0.25, 0.3) is 22.0 Å². The molecule has 2 aromatic carbocycles. The van der Waals surface area contributed by atoms with Gasteiger partial charge in [-0.3, -0.25) is 4.79 Å². The molecule has 0 bridgehead atoms. The summed E-state index contributed by atoms with van der Waals surface area (Å²) in [7, 11) is 3.89. The first kappa shape index (κ1) is 24.3. The third kappa shape index (κ3) is 4.61. The van der Waals surface area contributed by atoms with Crippen molar-refractivity contribution < 1.29 is 24.0 Å². The highest BCUT2D eigenvalue weighted by Gasteiger charge is 2.31. The van der Waals surface area contributed by atoms with E-state index in [0.717, 1.165) is 15.8 Å². The molecule has 0 atom stereocenters. The molecule has 0 saturated heterocycles. The molecule has 0 spiro atoms. The van der Waals surface area contributed by atoms with E-state index in [1.807, 2.05) is 43.3 Å². The van der Waals surface area contributed by atoms with Crippen LogP contribution < -0.4 is 4.90 Å². The fourth-order valence-corrected chi connectivity index (χ4v) is 4.03. The number of rotatable bonds is 4. The van der Waals surface area contributed by atoms with Crippen LogP contribution in [0.5, 0.6) is 5.88 Å². The number of nitrogens with zero attached hydrogens (tertiary/aromatic N) is 3. The van der Waals surface area contributed by atoms with Gasteiger partial charge in [0.05, 0.1) is 21.8 Å². The van der Waals surface area contributed by atoms with Crippen molar-refractivity contribution >= 4 is 40.1 Å². The number of ether oxygens (including phenoxy) is 1. The molecule has 2 aromatic heterocycles. The van der Waals surface area contributed by atoms with E-state index < -0.39 is 23.4 Å². The number of aryl methyl sites for hydroxylation is 1. The smallest absolute Gasteiger partial charge is 0.421 e. The van der Waals surface area contributed by atoms with Gasteiger partial charge >= 0.3 is 6.09 Å². The van der Waals surface area contributed by atoms with E-state index in [9.17, 15) is 14.7 Å². The van der Waals surface area contributed by atoms with Gasteiger partial charge in [0.25, 0.3) is 0 Å². The highest BCUT2D eigenvalue weighted by molar-refractivity contribution is 6.34. The summed E-state index contributed by atoms with van der Waals surface area (Å²) in [6.07, 6.45) is -0.841. The van der Waals surface area contributed by atoms with Gasteiger partial charge in [0.1, 0.15) is 5.60 Å². The van der Waals surface area contributed by atoms with E-state index in [4.69, 9.17) is 20.9 Å². The first-order valence-corrected chi connectivity index (χ1v) is 11.3. The van der Waals surface area contributed by atoms with Crippen molar-refractivity contribution in [1.29, 1.82) is 0 Å². The lowest BCUT2D eigenvalue weighted by molar-refractivity contribution is 0.0533. The average molecular weight is 496 g/mol. The van der Waals surface area contributed by atoms with Gasteiger partial charge < -0.3 is 19.3 Å². The van der Waals surface area contributed by atoms with Gasteiger partial charge in [-0.05, 0) is 57.5 Å². The summed E-state index contributed by atoms with van der Waals surface area (Å²) in [6.45, 7) is 6.80. The summed E-state index contributed by atoms with van der Waals surface area (Å²) in [6, 6.07) is 12.4. The molecular formula is C26H26ClN3O5. The maximum absolute atomic E-state index is 13.4. The van der Waals surface area contributed by atoms with E-state index in [-0.39, 0.29) is 16.8 Å². The molecule has 8 nitrogen and oxygen atoms in total. The predicted octanol–water partition coefficient (Wildman–Crippen LogP) is 6.04. The molecule has 0 amide bonds. The number of hydrogen-bond donors (Lipinski definition) is 1. The molecule has 0 radical (unpaired) electrons. The van der Waals surface area contributed by atoms with E-state index in [2.05, 4.69) is 5.16 Å². The van der Waals surface area contributed by atoms with Crippen molar-refractivity contribution in [1.82, 2.24) is 9.72 Å². The van der Waals surface area contributed by atoms with E-state index >= 15 is 0 Å². The average Bonchev–Trinajstić information content (AvgIpc) is 3.31. The van der Waals surface area contributed by atoms with Crippen LogP contribution >= 0.6 is 11.6 Å². The number of ketones is 1. The molecule has 0 fully saturated rings. The summed E-state index contributed by atoms with van der Waals surface area (Å²) in [4.78, 5) is 28.4. The number of fused-ring (bicyclic) bond motifs is 1. The Morgan fingerprint density at radius 2 is 1.77 bits per heavy atom. The lowest BCUT2D eigenvalue weighted by Gasteiger charge is -2.20. The highest BCUT2D eigenvalue weighted by Crippen LogP contribution is 2.40. The second-order valence-corrected chi connectivity index (χ2v) is 9.87. The SMILES string of the molecule is Cc1cc(C(=O)c2c(O)n(C(=O)OC(C)(C)C)c3cc(Cl)c(-c4ccc(N(C)C)cc4)cc23)on1. The summed E-state index contributed by atoms with van der Waals surface area (Å²) < 4.78 is 11.6. The van der Waals surface area contributed by atoms with Crippen LogP contribution in [0.2, 0.25) is 5.02 Å². The maximum Gasteiger partial charge on any atom is 0.421 e. The Balaban J connectivity index is 1.96. The molecule has 0 aliphatic carbocycles. The second kappa shape index (κ2) is 8.78. The molecule has 0 aliphatic rings. The van der Waals surface area contributed by atoms with Crippen molar-refractivity contribution in [2.75, 3.05) is 19.0 Å². The Labute approximate surface area is 207 Å². The molecule has 182 valence electrons. The molecule has 0 saturated carbocycles. The molecule has 35 heavy (non-hydrogen) atoms. The molecule has 9 heteroatoms. The topological polar surface area (TPSA) is 97.8 Å². The lowest BCUT2D eigenvalue weighted by atomic mass is 10.00. The monoisotopic (exact) mass is 495 g/mol. The van der Waals surface area contributed by atoms with Crippen molar-refractivity contribution in [2.24, 2.45) is 0 Å². The Bertz CT molecular complexity index is 1440. The Hall–Kier alpha value is -3.78. The number of anilines is 1. The van der Waals surface area contributed by atoms with E-state index in [1.54, 1.807) is 33.8 Å². The standard InChI is InChI=1S/C26H26ClN3O5/c1-14-11-21(35-28-14)23(31)22-18-12-17(15-7-9-16(10-8-15)29(5)6)19(27)13-20(18)30(24(22)32)25(33)34-26(2,3)4/h7-13,32H,1-6H3. The summed E-state index contributed by atoms with van der Waals surface area (Å²) in [5, 5.41) is 15.5. The number of aromatic hydroxyl groups is 1. The van der Waals surface area contributed by atoms with Crippen LogP contribution in [0.3, 0.4) is 0 Å². The minimum Gasteiger partial charge on any atom is -0.494 e. The predicted molar refractivity (Wildman–Crippen MR) is 135 cm³/mol. The molecule has 2 heterocycles. The summed E-state index contributed by atoms with van der Waals surface area (Å²) in [5.74, 6) is -1.25. The molecule has 4 rings (SSSR count).